The second-order valence-corrected chi connectivity index (χ2v) is 4.84. The van der Waals surface area contributed by atoms with E-state index in [4.69, 9.17) is 9.47 Å². The van der Waals surface area contributed by atoms with Crippen molar-refractivity contribution in [1.82, 2.24) is 10.2 Å². The number of hydrogen-bond acceptors (Lipinski definition) is 4. The van der Waals surface area contributed by atoms with Crippen LogP contribution in [-0.4, -0.2) is 64.1 Å². The Hall–Kier alpha value is -0.160. The minimum Gasteiger partial charge on any atom is -0.377 e. The van der Waals surface area contributed by atoms with Crippen LogP contribution >= 0.6 is 0 Å². The van der Waals surface area contributed by atoms with Crippen LogP contribution in [0, 0.1) is 0 Å². The number of rotatable bonds is 8. The van der Waals surface area contributed by atoms with E-state index in [2.05, 4.69) is 17.1 Å². The number of likely N-dealkylation sites (tertiary alicyclic amines) is 1. The zero-order valence-electron chi connectivity index (χ0n) is 11.7. The quantitative estimate of drug-likeness (QED) is 0.693. The van der Waals surface area contributed by atoms with Gasteiger partial charge >= 0.3 is 0 Å². The Kier molecular flexibility index (Phi) is 7.04. The molecule has 0 saturated carbocycles. The molecule has 1 aliphatic heterocycles. The molecular formula is C13H28N2O2. The summed E-state index contributed by atoms with van der Waals surface area (Å²) in [5, 5.41) is 3.35. The van der Waals surface area contributed by atoms with Crippen LogP contribution in [0.1, 0.15) is 26.2 Å². The summed E-state index contributed by atoms with van der Waals surface area (Å²) < 4.78 is 10.9. The number of nitrogens with zero attached hydrogens (tertiary/aromatic N) is 1. The molecule has 0 aliphatic carbocycles. The van der Waals surface area contributed by atoms with Crippen LogP contribution in [0.4, 0.5) is 0 Å². The van der Waals surface area contributed by atoms with Crippen LogP contribution in [0.3, 0.4) is 0 Å². The van der Waals surface area contributed by atoms with Gasteiger partial charge in [-0.25, -0.2) is 0 Å². The zero-order chi connectivity index (χ0) is 12.7. The zero-order valence-corrected chi connectivity index (χ0v) is 11.7. The molecular weight excluding hydrogens is 216 g/mol. The summed E-state index contributed by atoms with van der Waals surface area (Å²) in [5.74, 6) is 0. The first-order valence-corrected chi connectivity index (χ1v) is 6.70. The van der Waals surface area contributed by atoms with Crippen molar-refractivity contribution in [2.75, 3.05) is 40.9 Å². The van der Waals surface area contributed by atoms with Gasteiger partial charge < -0.3 is 14.8 Å². The number of nitrogens with one attached hydrogen (secondary N) is 1. The third-order valence-corrected chi connectivity index (χ3v) is 3.82. The molecule has 0 amide bonds. The third kappa shape index (κ3) is 4.54. The Bertz CT molecular complexity index is 186. The van der Waals surface area contributed by atoms with Crippen molar-refractivity contribution in [3.8, 4) is 0 Å². The van der Waals surface area contributed by atoms with Crippen molar-refractivity contribution < 1.29 is 9.47 Å². The summed E-state index contributed by atoms with van der Waals surface area (Å²) in [5.41, 5.74) is 0. The Labute approximate surface area is 106 Å². The van der Waals surface area contributed by atoms with E-state index in [0.29, 0.717) is 6.04 Å². The minimum atomic E-state index is 0.242. The third-order valence-electron chi connectivity index (χ3n) is 3.82. The summed E-state index contributed by atoms with van der Waals surface area (Å²) in [6.45, 7) is 5.40. The van der Waals surface area contributed by atoms with Crippen LogP contribution in [0.5, 0.6) is 0 Å². The predicted molar refractivity (Wildman–Crippen MR) is 70.4 cm³/mol. The van der Waals surface area contributed by atoms with E-state index < -0.39 is 0 Å². The van der Waals surface area contributed by atoms with Crippen LogP contribution in [-0.2, 0) is 9.47 Å². The first-order chi connectivity index (χ1) is 8.24. The molecule has 4 heteroatoms. The fourth-order valence-electron chi connectivity index (χ4n) is 2.57. The van der Waals surface area contributed by atoms with Gasteiger partial charge in [0.15, 0.2) is 0 Å². The Morgan fingerprint density at radius 3 is 2.24 bits per heavy atom. The minimum absolute atomic E-state index is 0.242. The van der Waals surface area contributed by atoms with Gasteiger partial charge in [0.25, 0.3) is 0 Å². The molecule has 0 aromatic carbocycles. The molecule has 0 aromatic rings. The van der Waals surface area contributed by atoms with E-state index in [1.807, 2.05) is 7.05 Å². The molecule has 4 nitrogen and oxygen atoms in total. The van der Waals surface area contributed by atoms with E-state index in [9.17, 15) is 0 Å². The van der Waals surface area contributed by atoms with Gasteiger partial charge in [-0.2, -0.15) is 0 Å². The van der Waals surface area contributed by atoms with Crippen LogP contribution in [0.2, 0.25) is 0 Å². The molecule has 0 aromatic heterocycles. The maximum Gasteiger partial charge on any atom is 0.0971 e. The lowest BCUT2D eigenvalue weighted by Gasteiger charge is -2.18. The van der Waals surface area contributed by atoms with Gasteiger partial charge in [0.2, 0.25) is 0 Å². The van der Waals surface area contributed by atoms with E-state index in [1.54, 1.807) is 14.2 Å². The standard InChI is InChI=1S/C13H28N2O2/c1-5-11(14-2)7-6-8-15-9-12(16-3)13(10-15)17-4/h11-14H,5-10H2,1-4H3. The summed E-state index contributed by atoms with van der Waals surface area (Å²) in [4.78, 5) is 2.45. The fourth-order valence-corrected chi connectivity index (χ4v) is 2.57. The SMILES string of the molecule is CCC(CCCN1CC(OC)C(OC)C1)NC. The van der Waals surface area contributed by atoms with E-state index in [1.165, 1.54) is 19.3 Å². The molecule has 1 rings (SSSR count). The van der Waals surface area contributed by atoms with Crippen molar-refractivity contribution in [3.05, 3.63) is 0 Å². The molecule has 3 unspecified atom stereocenters. The predicted octanol–water partition coefficient (Wildman–Crippen LogP) is 1.11. The van der Waals surface area contributed by atoms with Crippen molar-refractivity contribution in [2.24, 2.45) is 0 Å². The molecule has 1 aliphatic rings. The average molecular weight is 244 g/mol. The molecule has 1 saturated heterocycles. The molecule has 1 fully saturated rings. The van der Waals surface area contributed by atoms with Gasteiger partial charge in [0.05, 0.1) is 12.2 Å². The molecule has 0 spiro atoms. The van der Waals surface area contributed by atoms with Crippen LogP contribution in [0.25, 0.3) is 0 Å². The molecule has 17 heavy (non-hydrogen) atoms. The smallest absolute Gasteiger partial charge is 0.0971 e. The summed E-state index contributed by atoms with van der Waals surface area (Å²) in [6, 6.07) is 0.661. The summed E-state index contributed by atoms with van der Waals surface area (Å²) >= 11 is 0. The van der Waals surface area contributed by atoms with Gasteiger partial charge in [-0.1, -0.05) is 6.92 Å². The fraction of sp³-hybridized carbons (Fsp3) is 1.00. The van der Waals surface area contributed by atoms with Gasteiger partial charge in [-0.15, -0.1) is 0 Å². The monoisotopic (exact) mass is 244 g/mol. The topological polar surface area (TPSA) is 33.7 Å². The van der Waals surface area contributed by atoms with Crippen molar-refractivity contribution in [2.45, 2.75) is 44.4 Å². The summed E-state index contributed by atoms with van der Waals surface area (Å²) in [7, 11) is 5.59. The van der Waals surface area contributed by atoms with E-state index in [0.717, 1.165) is 19.6 Å². The molecule has 0 radical (unpaired) electrons. The molecule has 1 heterocycles. The van der Waals surface area contributed by atoms with Crippen LogP contribution < -0.4 is 5.32 Å². The summed E-state index contributed by atoms with van der Waals surface area (Å²) in [6.07, 6.45) is 4.18. The first kappa shape index (κ1) is 14.9. The number of methoxy groups -OCH3 is 2. The molecule has 3 atom stereocenters. The Morgan fingerprint density at radius 1 is 1.24 bits per heavy atom. The lowest BCUT2D eigenvalue weighted by Crippen LogP contribution is -2.28. The van der Waals surface area contributed by atoms with Gasteiger partial charge in [-0.3, -0.25) is 4.90 Å². The molecule has 0 bridgehead atoms. The second-order valence-electron chi connectivity index (χ2n) is 4.84. The lowest BCUT2D eigenvalue weighted by atomic mass is 10.1. The molecule has 102 valence electrons. The van der Waals surface area contributed by atoms with E-state index in [-0.39, 0.29) is 12.2 Å². The number of ether oxygens (including phenoxy) is 2. The van der Waals surface area contributed by atoms with Gasteiger partial charge in [0, 0.05) is 33.4 Å². The van der Waals surface area contributed by atoms with Gasteiger partial charge in [-0.05, 0) is 32.9 Å². The van der Waals surface area contributed by atoms with Crippen molar-refractivity contribution in [1.29, 1.82) is 0 Å². The highest BCUT2D eigenvalue weighted by atomic mass is 16.5. The molecule has 1 N–H and O–H groups in total. The maximum absolute atomic E-state index is 5.44. The first-order valence-electron chi connectivity index (χ1n) is 6.70. The highest BCUT2D eigenvalue weighted by Gasteiger charge is 2.32. The van der Waals surface area contributed by atoms with Crippen LogP contribution in [0.15, 0.2) is 0 Å². The normalized spacial score (nSPS) is 27.5. The highest BCUT2D eigenvalue weighted by Crippen LogP contribution is 2.16. The largest absolute Gasteiger partial charge is 0.377 e. The van der Waals surface area contributed by atoms with Crippen molar-refractivity contribution >= 4 is 0 Å². The average Bonchev–Trinajstić information content (AvgIpc) is 2.77. The van der Waals surface area contributed by atoms with Crippen molar-refractivity contribution in [3.63, 3.8) is 0 Å². The highest BCUT2D eigenvalue weighted by molar-refractivity contribution is 4.85. The Balaban J connectivity index is 2.20. The van der Waals surface area contributed by atoms with E-state index >= 15 is 0 Å². The number of hydrogen-bond donors (Lipinski definition) is 1. The lowest BCUT2D eigenvalue weighted by molar-refractivity contribution is -0.00461. The maximum atomic E-state index is 5.44. The second kappa shape index (κ2) is 8.03. The van der Waals surface area contributed by atoms with Gasteiger partial charge in [0.1, 0.15) is 0 Å². The Morgan fingerprint density at radius 2 is 1.82 bits per heavy atom.